The molecule has 0 rings (SSSR count). The Hall–Kier alpha value is -0.650. The number of rotatable bonds is 9. The fraction of sp³-hybridized carbons (Fsp3) is 0.900. The molecule has 0 bridgehead atoms. The molecule has 1 N–H and O–H groups in total. The highest BCUT2D eigenvalue weighted by Crippen LogP contribution is 2.00. The summed E-state index contributed by atoms with van der Waals surface area (Å²) in [7, 11) is 3.25. The predicted octanol–water partition coefficient (Wildman–Crippen LogP) is 0.302. The van der Waals surface area contributed by atoms with Gasteiger partial charge in [-0.2, -0.15) is 0 Å². The third kappa shape index (κ3) is 8.35. The summed E-state index contributed by atoms with van der Waals surface area (Å²) in [6, 6.07) is 0. The lowest BCUT2D eigenvalue weighted by atomic mass is 10.2. The van der Waals surface area contributed by atoms with Gasteiger partial charge in [0.25, 0.3) is 0 Å². The van der Waals surface area contributed by atoms with Gasteiger partial charge in [-0.3, -0.25) is 9.69 Å². The largest absolute Gasteiger partial charge is 0.480 e. The van der Waals surface area contributed by atoms with Crippen LogP contribution in [0.5, 0.6) is 0 Å². The summed E-state index contributed by atoms with van der Waals surface area (Å²) >= 11 is 0. The highest BCUT2D eigenvalue weighted by Gasteiger charge is 2.12. The summed E-state index contributed by atoms with van der Waals surface area (Å²) in [6.45, 7) is 4.62. The van der Waals surface area contributed by atoms with E-state index >= 15 is 0 Å². The lowest BCUT2D eigenvalue weighted by Gasteiger charge is -2.23. The molecule has 5 nitrogen and oxygen atoms in total. The van der Waals surface area contributed by atoms with E-state index < -0.39 is 5.97 Å². The first-order valence-corrected chi connectivity index (χ1v) is 5.02. The van der Waals surface area contributed by atoms with Gasteiger partial charge in [0.2, 0.25) is 0 Å². The van der Waals surface area contributed by atoms with Crippen molar-refractivity contribution in [2.75, 3.05) is 47.1 Å². The van der Waals surface area contributed by atoms with Crippen LogP contribution in [0.4, 0.5) is 0 Å². The minimum Gasteiger partial charge on any atom is -0.480 e. The van der Waals surface area contributed by atoms with E-state index in [1.54, 1.807) is 14.2 Å². The molecule has 1 atom stereocenters. The zero-order chi connectivity index (χ0) is 11.7. The van der Waals surface area contributed by atoms with E-state index in [-0.39, 0.29) is 6.54 Å². The Morgan fingerprint density at radius 2 is 2.07 bits per heavy atom. The third-order valence-electron chi connectivity index (χ3n) is 1.99. The minimum atomic E-state index is -0.810. The number of hydrogen-bond donors (Lipinski definition) is 1. The van der Waals surface area contributed by atoms with Crippen molar-refractivity contribution in [2.24, 2.45) is 5.92 Å². The van der Waals surface area contributed by atoms with Crippen LogP contribution in [-0.4, -0.2) is 63.0 Å². The maximum atomic E-state index is 10.6. The fourth-order valence-electron chi connectivity index (χ4n) is 1.42. The van der Waals surface area contributed by atoms with E-state index in [0.29, 0.717) is 32.2 Å². The van der Waals surface area contributed by atoms with Crippen molar-refractivity contribution in [3.8, 4) is 0 Å². The van der Waals surface area contributed by atoms with Crippen LogP contribution in [0.25, 0.3) is 0 Å². The molecule has 0 heterocycles. The Bertz CT molecular complexity index is 175. The number of methoxy groups -OCH3 is 2. The van der Waals surface area contributed by atoms with Crippen molar-refractivity contribution in [1.29, 1.82) is 0 Å². The first-order chi connectivity index (χ1) is 7.10. The molecule has 0 aliphatic carbocycles. The van der Waals surface area contributed by atoms with Crippen LogP contribution in [0.15, 0.2) is 0 Å². The summed E-state index contributed by atoms with van der Waals surface area (Å²) in [5.74, 6) is -0.484. The van der Waals surface area contributed by atoms with Crippen molar-refractivity contribution in [3.63, 3.8) is 0 Å². The molecule has 0 saturated carbocycles. The molecule has 5 heteroatoms. The highest BCUT2D eigenvalue weighted by atomic mass is 16.5. The van der Waals surface area contributed by atoms with Gasteiger partial charge in [-0.25, -0.2) is 0 Å². The number of carbonyl (C=O) groups is 1. The standard InChI is InChI=1S/C10H21NO4/c1-9(8-15-3)6-11(4-5-14-2)7-10(12)13/h9H,4-8H2,1-3H3,(H,12,13). The minimum absolute atomic E-state index is 0.0530. The summed E-state index contributed by atoms with van der Waals surface area (Å²) in [5, 5.41) is 8.71. The normalized spacial score (nSPS) is 13.1. The van der Waals surface area contributed by atoms with E-state index in [9.17, 15) is 4.79 Å². The smallest absolute Gasteiger partial charge is 0.317 e. The van der Waals surface area contributed by atoms with Gasteiger partial charge in [-0.1, -0.05) is 6.92 Å². The van der Waals surface area contributed by atoms with Gasteiger partial charge in [-0.05, 0) is 5.92 Å². The topological polar surface area (TPSA) is 59.0 Å². The Kier molecular flexibility index (Phi) is 8.27. The van der Waals surface area contributed by atoms with Crippen LogP contribution in [0.2, 0.25) is 0 Å². The molecule has 0 aliphatic rings. The van der Waals surface area contributed by atoms with Crippen molar-refractivity contribution >= 4 is 5.97 Å². The molecule has 0 aromatic carbocycles. The first-order valence-electron chi connectivity index (χ1n) is 5.02. The zero-order valence-electron chi connectivity index (χ0n) is 9.73. The molecule has 0 saturated heterocycles. The Morgan fingerprint density at radius 1 is 1.40 bits per heavy atom. The van der Waals surface area contributed by atoms with Crippen LogP contribution in [0.1, 0.15) is 6.92 Å². The number of ether oxygens (including phenoxy) is 2. The number of nitrogens with zero attached hydrogens (tertiary/aromatic N) is 1. The van der Waals surface area contributed by atoms with Crippen molar-refractivity contribution in [1.82, 2.24) is 4.90 Å². The maximum Gasteiger partial charge on any atom is 0.317 e. The Balaban J connectivity index is 3.92. The van der Waals surface area contributed by atoms with Gasteiger partial charge in [-0.15, -0.1) is 0 Å². The van der Waals surface area contributed by atoms with Crippen molar-refractivity contribution in [2.45, 2.75) is 6.92 Å². The maximum absolute atomic E-state index is 10.6. The molecule has 90 valence electrons. The first kappa shape index (κ1) is 14.3. The predicted molar refractivity (Wildman–Crippen MR) is 57.0 cm³/mol. The van der Waals surface area contributed by atoms with Crippen molar-refractivity contribution < 1.29 is 19.4 Å². The molecule has 0 aromatic rings. The number of aliphatic carboxylic acids is 1. The average molecular weight is 219 g/mol. The van der Waals surface area contributed by atoms with E-state index in [0.717, 1.165) is 0 Å². The molecule has 0 radical (unpaired) electrons. The van der Waals surface area contributed by atoms with E-state index in [1.165, 1.54) is 0 Å². The molecule has 1 unspecified atom stereocenters. The Labute approximate surface area is 91.0 Å². The lowest BCUT2D eigenvalue weighted by Crippen LogP contribution is -2.36. The summed E-state index contributed by atoms with van der Waals surface area (Å²) in [6.07, 6.45) is 0. The summed E-state index contributed by atoms with van der Waals surface area (Å²) in [5.41, 5.74) is 0. The van der Waals surface area contributed by atoms with Crippen LogP contribution >= 0.6 is 0 Å². The van der Waals surface area contributed by atoms with Gasteiger partial charge in [0.05, 0.1) is 13.2 Å². The van der Waals surface area contributed by atoms with Crippen LogP contribution < -0.4 is 0 Å². The SMILES string of the molecule is COCCN(CC(=O)O)CC(C)COC. The van der Waals surface area contributed by atoms with Gasteiger partial charge < -0.3 is 14.6 Å². The molecule has 0 aromatic heterocycles. The van der Waals surface area contributed by atoms with Crippen LogP contribution in [0.3, 0.4) is 0 Å². The highest BCUT2D eigenvalue weighted by molar-refractivity contribution is 5.69. The molecular formula is C10H21NO4. The number of carboxylic acids is 1. The summed E-state index contributed by atoms with van der Waals surface area (Å²) < 4.78 is 9.94. The third-order valence-corrected chi connectivity index (χ3v) is 1.99. The quantitative estimate of drug-likeness (QED) is 0.604. The van der Waals surface area contributed by atoms with E-state index in [2.05, 4.69) is 0 Å². The van der Waals surface area contributed by atoms with E-state index in [1.807, 2.05) is 11.8 Å². The second-order valence-corrected chi connectivity index (χ2v) is 3.68. The number of hydrogen-bond acceptors (Lipinski definition) is 4. The second kappa shape index (κ2) is 8.64. The second-order valence-electron chi connectivity index (χ2n) is 3.68. The van der Waals surface area contributed by atoms with Crippen LogP contribution in [0, 0.1) is 5.92 Å². The molecule has 0 spiro atoms. The lowest BCUT2D eigenvalue weighted by molar-refractivity contribution is -0.138. The van der Waals surface area contributed by atoms with Gasteiger partial charge in [0.1, 0.15) is 0 Å². The van der Waals surface area contributed by atoms with E-state index in [4.69, 9.17) is 14.6 Å². The molecule has 0 amide bonds. The fourth-order valence-corrected chi connectivity index (χ4v) is 1.42. The van der Waals surface area contributed by atoms with Crippen molar-refractivity contribution in [3.05, 3.63) is 0 Å². The number of carboxylic acid groups (broad SMARTS) is 1. The average Bonchev–Trinajstić information content (AvgIpc) is 2.13. The molecule has 15 heavy (non-hydrogen) atoms. The molecule has 0 fully saturated rings. The zero-order valence-corrected chi connectivity index (χ0v) is 9.73. The Morgan fingerprint density at radius 3 is 2.53 bits per heavy atom. The van der Waals surface area contributed by atoms with Gasteiger partial charge in [0, 0.05) is 33.9 Å². The monoisotopic (exact) mass is 219 g/mol. The van der Waals surface area contributed by atoms with Gasteiger partial charge >= 0.3 is 5.97 Å². The summed E-state index contributed by atoms with van der Waals surface area (Å²) in [4.78, 5) is 12.5. The molecule has 0 aliphatic heterocycles. The van der Waals surface area contributed by atoms with Gasteiger partial charge in [0.15, 0.2) is 0 Å². The molecular weight excluding hydrogens is 198 g/mol. The van der Waals surface area contributed by atoms with Crippen LogP contribution in [-0.2, 0) is 14.3 Å².